The molecule has 2 heteroatoms. The molecular formula is C87H173NO. The predicted octanol–water partition coefficient (Wildman–Crippen LogP) is 28.9. The number of allylic oxidation sites excluding steroid dienone is 2. The second-order valence-electron chi connectivity index (χ2n) is 29.6. The molecule has 0 aromatic heterocycles. The summed E-state index contributed by atoms with van der Waals surface area (Å²) in [6.07, 6.45) is 60.9. The monoisotopic (exact) mass is 1250 g/mol. The average molecular weight is 1250 g/mol. The molecule has 0 aromatic carbocycles. The van der Waals surface area contributed by atoms with E-state index in [4.69, 9.17) is 0 Å². The summed E-state index contributed by atoms with van der Waals surface area (Å²) in [4.78, 5) is 13.3. The van der Waals surface area contributed by atoms with E-state index in [0.29, 0.717) is 17.9 Å². The highest BCUT2D eigenvalue weighted by molar-refractivity contribution is 5.80. The van der Waals surface area contributed by atoms with Gasteiger partial charge in [-0.05, 0) is 239 Å². The lowest BCUT2D eigenvalue weighted by Crippen LogP contribution is -3.00. The van der Waals surface area contributed by atoms with E-state index >= 15 is 0 Å². The van der Waals surface area contributed by atoms with Crippen molar-refractivity contribution in [2.24, 2.45) is 136 Å². The molecule has 2 unspecified atom stereocenters. The molecule has 2 atom stereocenters. The molecule has 0 aromatic rings. The van der Waals surface area contributed by atoms with Crippen LogP contribution in [0, 0.1) is 136 Å². The number of rotatable bonds is 0. The lowest BCUT2D eigenvalue weighted by Gasteiger charge is -3.03. The minimum absolute atomic E-state index is 0. The molecule has 24 saturated carbocycles. The first-order chi connectivity index (χ1) is 41.9. The Morgan fingerprint density at radius 2 is 0.438 bits per heavy atom. The molecule has 2 heterocycles. The standard InChI is InChI=1S/C8H13NO.C8H8.C8H14.C8H12.C8H14.2C7H12.C6H10.C5H8.9C2H6.4CH4/c1-9-7-4-2-6(3-5-7)8(9)10;1-2-5-3(1)7-4(1)6(2)8(5)7;2*1-2-8-5-3-7(1)4-6-8;1-2-7-4-5-8(3-1)6-7;1-2-7-4-3-6(1)5-7;1-2-6-4-7(3-1)5-6;1-2-6-3-5(1)4-6;1-4-2-5(1)3-4;9*1-2;;;;/h6-7H,2-5H2,1H3;1-8H;7-8H,1-6H2;1-2,7-8H,3-6H2;7-8H,1-6H2;2*6-7H,1-5H2;5-6H,1-4H2;4-5H,1-3H2;9*1-2H3;4*1H4. The van der Waals surface area contributed by atoms with Crippen molar-refractivity contribution in [2.75, 3.05) is 7.05 Å². The number of nitrogens with zero attached hydrogens (tertiary/aromatic N) is 1. The van der Waals surface area contributed by atoms with Crippen LogP contribution < -0.4 is 0 Å². The molecule has 2 aliphatic heterocycles. The zero-order chi connectivity index (χ0) is 62.6. The van der Waals surface area contributed by atoms with Crippen molar-refractivity contribution in [3.05, 3.63) is 12.2 Å². The number of fused-ring (bicyclic) bond motifs is 15. The minimum Gasteiger partial charge on any atom is -0.343 e. The van der Waals surface area contributed by atoms with E-state index in [2.05, 4.69) is 12.2 Å². The maximum absolute atomic E-state index is 11.3. The van der Waals surface area contributed by atoms with Crippen LogP contribution in [0.3, 0.4) is 0 Å². The van der Waals surface area contributed by atoms with Gasteiger partial charge in [-0.15, -0.1) is 0 Å². The SMILES string of the molecule is C.C.C.C.C12C3C4C1C1C2C3C41.C1=CC2CCC1CC2.C1C2CC1C2.C1CC2CC(C1)C2.C1CC2CC1C2.C1CC2CCC(C1)C2.C1CC2CCC1C2.C1CC2CCC1CC2.CC.CC.CC.CC.CC.CC.CC.CC.CC.CN1C(=O)C2CCC1CC2. The van der Waals surface area contributed by atoms with Gasteiger partial charge in [-0.2, -0.15) is 0 Å². The predicted molar refractivity (Wildman–Crippen MR) is 406 cm³/mol. The van der Waals surface area contributed by atoms with Gasteiger partial charge in [-0.3, -0.25) is 4.79 Å². The van der Waals surface area contributed by atoms with Crippen molar-refractivity contribution < 1.29 is 4.79 Å². The largest absolute Gasteiger partial charge is 0.343 e. The van der Waals surface area contributed by atoms with Gasteiger partial charge in [-0.25, -0.2) is 0 Å². The Morgan fingerprint density at radius 3 is 0.562 bits per heavy atom. The quantitative estimate of drug-likeness (QED) is 0.221. The van der Waals surface area contributed by atoms with Crippen molar-refractivity contribution in [1.29, 1.82) is 0 Å². The van der Waals surface area contributed by atoms with E-state index in [1.165, 1.54) is 146 Å². The summed E-state index contributed by atoms with van der Waals surface area (Å²) < 4.78 is 0. The first-order valence-electron chi connectivity index (χ1n) is 40.9. The van der Waals surface area contributed by atoms with Gasteiger partial charge < -0.3 is 4.90 Å². The molecular weight excluding hydrogens is 1070 g/mol. The average Bonchev–Trinajstić information content (AvgIpc) is 0.727. The fourth-order valence-corrected chi connectivity index (χ4v) is 21.2. The zero-order valence-corrected chi connectivity index (χ0v) is 61.5. The van der Waals surface area contributed by atoms with Gasteiger partial charge in [0.15, 0.2) is 0 Å². The molecule has 26 aliphatic carbocycles. The third kappa shape index (κ3) is 22.6. The van der Waals surface area contributed by atoms with Gasteiger partial charge in [0.05, 0.1) is 0 Å². The van der Waals surface area contributed by atoms with E-state index in [1.807, 2.05) is 137 Å². The molecule has 28 aliphatic rings. The molecule has 0 spiro atoms. The molecule has 89 heavy (non-hydrogen) atoms. The molecule has 28 rings (SSSR count). The van der Waals surface area contributed by atoms with E-state index in [9.17, 15) is 4.79 Å². The Bertz CT molecular complexity index is 1440. The summed E-state index contributed by atoms with van der Waals surface area (Å²) in [5, 5.41) is 0. The number of piperidine rings is 2. The summed E-state index contributed by atoms with van der Waals surface area (Å²) in [7, 11) is 1.94. The van der Waals surface area contributed by atoms with Crippen LogP contribution in [0.15, 0.2) is 12.2 Å². The fourth-order valence-electron chi connectivity index (χ4n) is 21.2. The Kier molecular flexibility index (Phi) is 47.6. The maximum Gasteiger partial charge on any atom is 0.225 e. The van der Waals surface area contributed by atoms with Crippen LogP contribution in [0.1, 0.15) is 392 Å². The smallest absolute Gasteiger partial charge is 0.225 e. The number of amides is 1. The molecule has 2 nitrogen and oxygen atoms in total. The Balaban J connectivity index is 0.000000946. The van der Waals surface area contributed by atoms with Crippen LogP contribution in [0.5, 0.6) is 0 Å². The van der Waals surface area contributed by atoms with Gasteiger partial charge >= 0.3 is 0 Å². The van der Waals surface area contributed by atoms with Gasteiger partial charge in [0.1, 0.15) is 0 Å². The molecule has 1 amide bonds. The summed E-state index contributed by atoms with van der Waals surface area (Å²) >= 11 is 0. The van der Waals surface area contributed by atoms with Crippen molar-refractivity contribution in [3.8, 4) is 0 Å². The highest BCUT2D eigenvalue weighted by Crippen LogP contribution is 3.00. The topological polar surface area (TPSA) is 20.3 Å². The number of carbonyl (C=O) groups is 1. The summed E-state index contributed by atoms with van der Waals surface area (Å²) in [6, 6.07) is 0.581. The summed E-state index contributed by atoms with van der Waals surface area (Å²) in [6.45, 7) is 36.0. The Labute approximate surface area is 565 Å². The molecule has 532 valence electrons. The molecule has 0 N–H and O–H groups in total. The van der Waals surface area contributed by atoms with Crippen LogP contribution in [0.4, 0.5) is 0 Å². The number of carbonyl (C=O) groups excluding carboxylic acids is 1. The highest BCUT2D eigenvalue weighted by Gasteiger charge is 2.97. The second kappa shape index (κ2) is 48.0. The molecule has 16 bridgehead atoms. The van der Waals surface area contributed by atoms with Crippen LogP contribution in [0.25, 0.3) is 0 Å². The molecule has 2 saturated heterocycles. The fraction of sp³-hybridized carbons (Fsp3) is 0.966. The van der Waals surface area contributed by atoms with E-state index in [0.717, 1.165) is 48.3 Å². The Morgan fingerprint density at radius 1 is 0.247 bits per heavy atom. The summed E-state index contributed by atoms with van der Waals surface area (Å²) in [5.41, 5.74) is 0. The van der Waals surface area contributed by atoms with Crippen molar-refractivity contribution in [2.45, 2.75) is 398 Å². The van der Waals surface area contributed by atoms with Crippen molar-refractivity contribution in [1.82, 2.24) is 4.90 Å². The van der Waals surface area contributed by atoms with Gasteiger partial charge in [0.25, 0.3) is 0 Å². The van der Waals surface area contributed by atoms with Gasteiger partial charge in [0.2, 0.25) is 5.91 Å². The van der Waals surface area contributed by atoms with E-state index in [1.54, 1.807) is 173 Å². The molecule has 26 fully saturated rings. The van der Waals surface area contributed by atoms with Crippen molar-refractivity contribution in [3.63, 3.8) is 0 Å². The lowest BCUT2D eigenvalue weighted by molar-refractivity contribution is -0.565. The number of hydrogen-bond acceptors (Lipinski definition) is 1. The van der Waals surface area contributed by atoms with Gasteiger partial charge in [0, 0.05) is 19.0 Å². The second-order valence-corrected chi connectivity index (χ2v) is 29.6. The van der Waals surface area contributed by atoms with Crippen molar-refractivity contribution >= 4 is 5.91 Å². The Hall–Kier alpha value is -0.790. The van der Waals surface area contributed by atoms with Crippen LogP contribution in [0.2, 0.25) is 0 Å². The first kappa shape index (κ1) is 88.2. The zero-order valence-electron chi connectivity index (χ0n) is 61.5. The van der Waals surface area contributed by atoms with E-state index in [-0.39, 0.29) is 29.7 Å². The van der Waals surface area contributed by atoms with Gasteiger partial charge in [-0.1, -0.05) is 295 Å². The first-order valence-corrected chi connectivity index (χ1v) is 40.9. The third-order valence-electron chi connectivity index (χ3n) is 26.1. The minimum atomic E-state index is 0. The summed E-state index contributed by atoms with van der Waals surface area (Å²) in [5.74, 6) is 27.5. The molecule has 0 radical (unpaired) electrons. The third-order valence-corrected chi connectivity index (χ3v) is 26.1. The lowest BCUT2D eigenvalue weighted by atomic mass is 9.01. The van der Waals surface area contributed by atoms with Crippen LogP contribution in [-0.4, -0.2) is 23.9 Å². The highest BCUT2D eigenvalue weighted by atomic mass is 16.2. The van der Waals surface area contributed by atoms with Crippen LogP contribution >= 0.6 is 0 Å². The normalized spacial score (nSPS) is 40.9. The number of hydrogen-bond donors (Lipinski definition) is 0. The maximum atomic E-state index is 11.3. The van der Waals surface area contributed by atoms with Crippen LogP contribution in [-0.2, 0) is 4.79 Å². The van der Waals surface area contributed by atoms with E-state index < -0.39 is 0 Å².